The van der Waals surface area contributed by atoms with Gasteiger partial charge in [0.05, 0.1) is 12.1 Å². The van der Waals surface area contributed by atoms with Crippen LogP contribution in [-0.2, 0) is 4.79 Å². The van der Waals surface area contributed by atoms with Gasteiger partial charge in [0.25, 0.3) is 0 Å². The molecular formula is C22H41N3O2S2. The van der Waals surface area contributed by atoms with Gasteiger partial charge in [-0.1, -0.05) is 57.5 Å². The Bertz CT molecular complexity index is 587. The maximum atomic E-state index is 12.1. The first-order chi connectivity index (χ1) is 12.8. The first-order valence-corrected chi connectivity index (χ1v) is 10.3. The summed E-state index contributed by atoms with van der Waals surface area (Å²) in [6.45, 7) is 8.91. The molecule has 1 amide bonds. The number of hydrogen-bond donors (Lipinski definition) is 4. The van der Waals surface area contributed by atoms with Crippen LogP contribution in [0.5, 0.6) is 0 Å². The molecule has 0 spiro atoms. The molecule has 1 aromatic rings. The zero-order chi connectivity index (χ0) is 20.0. The van der Waals surface area contributed by atoms with Crippen LogP contribution >= 0.6 is 27.0 Å². The van der Waals surface area contributed by atoms with E-state index in [1.54, 1.807) is 6.92 Å². The van der Waals surface area contributed by atoms with E-state index >= 15 is 0 Å². The number of nitrogens with two attached hydrogens (primary N) is 1. The van der Waals surface area contributed by atoms with Crippen molar-refractivity contribution in [1.29, 1.82) is 0 Å². The van der Waals surface area contributed by atoms with Crippen molar-refractivity contribution in [3.63, 3.8) is 0 Å². The van der Waals surface area contributed by atoms with Crippen LogP contribution in [-0.4, -0.2) is 29.8 Å². The van der Waals surface area contributed by atoms with E-state index in [-0.39, 0.29) is 44.9 Å². The second-order valence-electron chi connectivity index (χ2n) is 8.60. The van der Waals surface area contributed by atoms with Crippen LogP contribution in [0.4, 0.5) is 0 Å². The quantitative estimate of drug-likeness (QED) is 0.465. The van der Waals surface area contributed by atoms with E-state index < -0.39 is 12.3 Å². The van der Waals surface area contributed by atoms with Crippen LogP contribution < -0.4 is 16.4 Å². The molecule has 2 rings (SSSR count). The predicted molar refractivity (Wildman–Crippen MR) is 131 cm³/mol. The second-order valence-corrected chi connectivity index (χ2v) is 8.60. The van der Waals surface area contributed by atoms with E-state index in [2.05, 4.69) is 31.4 Å². The third kappa shape index (κ3) is 8.50. The maximum absolute atomic E-state index is 12.1. The lowest BCUT2D eigenvalue weighted by molar-refractivity contribution is -0.122. The molecule has 1 fully saturated rings. The van der Waals surface area contributed by atoms with Gasteiger partial charge in [0.15, 0.2) is 0 Å². The minimum atomic E-state index is -0.571. The highest BCUT2D eigenvalue weighted by molar-refractivity contribution is 7.59. The van der Waals surface area contributed by atoms with Gasteiger partial charge in [0, 0.05) is 12.5 Å². The largest absolute Gasteiger partial charge is 0.378 e. The van der Waals surface area contributed by atoms with Gasteiger partial charge >= 0.3 is 0 Å². The molecule has 7 heteroatoms. The fraction of sp³-hybridized carbons (Fsp3) is 0.682. The van der Waals surface area contributed by atoms with Gasteiger partial charge in [0.1, 0.15) is 6.23 Å². The zero-order valence-electron chi connectivity index (χ0n) is 18.2. The minimum absolute atomic E-state index is 0. The van der Waals surface area contributed by atoms with Gasteiger partial charge in [-0.05, 0) is 43.1 Å². The van der Waals surface area contributed by atoms with Crippen LogP contribution in [0, 0.1) is 23.7 Å². The van der Waals surface area contributed by atoms with Crippen LogP contribution in [0.2, 0.25) is 0 Å². The molecule has 1 unspecified atom stereocenters. The third-order valence-electron chi connectivity index (χ3n) is 5.94. The summed E-state index contributed by atoms with van der Waals surface area (Å²) in [5.41, 5.74) is 6.72. The van der Waals surface area contributed by atoms with Crippen molar-refractivity contribution in [1.82, 2.24) is 10.6 Å². The SMILES string of the molecule is CC(C)[C@@H]1CC[C@@H](C)C[C@H]1[C@H](O)NCC(NC(=O)[C@@H](C)N)c1ccccc1.S.S. The van der Waals surface area contributed by atoms with Crippen molar-refractivity contribution in [2.75, 3.05) is 6.54 Å². The van der Waals surface area contributed by atoms with Gasteiger partial charge < -0.3 is 16.2 Å². The van der Waals surface area contributed by atoms with Crippen molar-refractivity contribution in [2.45, 2.75) is 65.3 Å². The number of rotatable bonds is 8. The summed E-state index contributed by atoms with van der Waals surface area (Å²) in [4.78, 5) is 12.1. The van der Waals surface area contributed by atoms with Crippen molar-refractivity contribution in [3.05, 3.63) is 35.9 Å². The lowest BCUT2D eigenvalue weighted by atomic mass is 9.69. The van der Waals surface area contributed by atoms with Gasteiger partial charge in [-0.25, -0.2) is 0 Å². The lowest BCUT2D eigenvalue weighted by Crippen LogP contribution is -2.48. The highest BCUT2D eigenvalue weighted by Gasteiger charge is 2.35. The third-order valence-corrected chi connectivity index (χ3v) is 5.94. The van der Waals surface area contributed by atoms with Crippen molar-refractivity contribution >= 4 is 32.9 Å². The number of nitrogens with one attached hydrogen (secondary N) is 2. The van der Waals surface area contributed by atoms with E-state index in [4.69, 9.17) is 5.73 Å². The van der Waals surface area contributed by atoms with Crippen molar-refractivity contribution in [2.24, 2.45) is 29.4 Å². The fourth-order valence-electron chi connectivity index (χ4n) is 4.27. The molecule has 168 valence electrons. The standard InChI is InChI=1S/C22H37N3O2.2H2S/c1-14(2)18-11-10-15(3)12-19(18)22(27)24-13-20(25-21(26)16(4)23)17-8-6-5-7-9-17;;/h5-9,14-16,18-20,22,24,27H,10-13,23H2,1-4H3,(H,25,26);2*1H2/t15-,16-,18+,19-,20?,22+;;/m1../s1. The number of hydrogen-bond acceptors (Lipinski definition) is 4. The number of benzene rings is 1. The summed E-state index contributed by atoms with van der Waals surface area (Å²) >= 11 is 0. The molecule has 1 aromatic carbocycles. The highest BCUT2D eigenvalue weighted by Crippen LogP contribution is 2.39. The molecule has 29 heavy (non-hydrogen) atoms. The Morgan fingerprint density at radius 1 is 1.14 bits per heavy atom. The molecule has 0 aliphatic heterocycles. The molecule has 1 aliphatic rings. The number of amides is 1. The topological polar surface area (TPSA) is 87.4 Å². The minimum Gasteiger partial charge on any atom is -0.378 e. The van der Waals surface area contributed by atoms with Gasteiger partial charge in [-0.3, -0.25) is 10.1 Å². The highest BCUT2D eigenvalue weighted by atomic mass is 32.1. The Labute approximate surface area is 190 Å². The predicted octanol–water partition coefficient (Wildman–Crippen LogP) is 3.03. The number of carbonyl (C=O) groups is 1. The first kappa shape index (κ1) is 28.3. The van der Waals surface area contributed by atoms with Crippen LogP contribution in [0.1, 0.15) is 58.6 Å². The molecule has 0 heterocycles. The molecular weight excluding hydrogens is 402 g/mol. The average molecular weight is 444 g/mol. The van der Waals surface area contributed by atoms with Gasteiger partial charge in [-0.2, -0.15) is 27.0 Å². The molecule has 5 nitrogen and oxygen atoms in total. The van der Waals surface area contributed by atoms with Crippen LogP contribution in [0.15, 0.2) is 30.3 Å². The summed E-state index contributed by atoms with van der Waals surface area (Å²) in [6.07, 6.45) is 2.88. The Kier molecular flexibility index (Phi) is 13.2. The molecule has 1 saturated carbocycles. The van der Waals surface area contributed by atoms with Crippen LogP contribution in [0.3, 0.4) is 0 Å². The second kappa shape index (κ2) is 13.5. The van der Waals surface area contributed by atoms with Crippen molar-refractivity contribution < 1.29 is 9.90 Å². The normalized spacial score (nSPS) is 24.6. The molecule has 0 radical (unpaired) electrons. The average Bonchev–Trinajstić information content (AvgIpc) is 2.64. The van der Waals surface area contributed by atoms with Gasteiger partial charge in [0.2, 0.25) is 5.91 Å². The Balaban J connectivity index is 0.00000392. The van der Waals surface area contributed by atoms with Gasteiger partial charge in [-0.15, -0.1) is 0 Å². The smallest absolute Gasteiger partial charge is 0.237 e. The Morgan fingerprint density at radius 2 is 1.76 bits per heavy atom. The van der Waals surface area contributed by atoms with E-state index in [9.17, 15) is 9.90 Å². The van der Waals surface area contributed by atoms with Crippen molar-refractivity contribution in [3.8, 4) is 0 Å². The zero-order valence-corrected chi connectivity index (χ0v) is 20.2. The summed E-state index contributed by atoms with van der Waals surface area (Å²) < 4.78 is 0. The number of aliphatic hydroxyl groups is 1. The first-order valence-electron chi connectivity index (χ1n) is 10.3. The summed E-state index contributed by atoms with van der Waals surface area (Å²) in [6, 6.07) is 9.04. The van der Waals surface area contributed by atoms with E-state index in [0.717, 1.165) is 12.0 Å². The number of carbonyl (C=O) groups excluding carboxylic acids is 1. The molecule has 0 aromatic heterocycles. The molecule has 6 atom stereocenters. The van der Waals surface area contributed by atoms with E-state index in [1.807, 2.05) is 30.3 Å². The monoisotopic (exact) mass is 443 g/mol. The summed E-state index contributed by atoms with van der Waals surface area (Å²) in [5, 5.41) is 17.2. The molecule has 0 saturated heterocycles. The Morgan fingerprint density at radius 3 is 2.31 bits per heavy atom. The fourth-order valence-corrected chi connectivity index (χ4v) is 4.27. The van der Waals surface area contributed by atoms with E-state index in [0.29, 0.717) is 24.3 Å². The Hall–Kier alpha value is -0.730. The molecule has 1 aliphatic carbocycles. The van der Waals surface area contributed by atoms with Crippen LogP contribution in [0.25, 0.3) is 0 Å². The maximum Gasteiger partial charge on any atom is 0.237 e. The van der Waals surface area contributed by atoms with E-state index in [1.165, 1.54) is 12.8 Å². The lowest BCUT2D eigenvalue weighted by Gasteiger charge is -2.40. The molecule has 0 bridgehead atoms. The number of aliphatic hydroxyl groups excluding tert-OH is 1. The summed E-state index contributed by atoms with van der Waals surface area (Å²) in [7, 11) is 0. The summed E-state index contributed by atoms with van der Waals surface area (Å²) in [5.74, 6) is 1.78. The molecule has 5 N–H and O–H groups in total.